The maximum Gasteiger partial charge on any atom is 0.254 e. The third-order valence-electron chi connectivity index (χ3n) is 6.15. The van der Waals surface area contributed by atoms with Gasteiger partial charge in [0.15, 0.2) is 0 Å². The van der Waals surface area contributed by atoms with Crippen molar-refractivity contribution in [1.82, 2.24) is 15.1 Å². The van der Waals surface area contributed by atoms with E-state index in [9.17, 15) is 9.59 Å². The SMILES string of the molecule is O=C(NCCCN1CCOCC1)C1CCCN(C(=O)c2cccc3ccccc23)C1. The highest BCUT2D eigenvalue weighted by molar-refractivity contribution is 6.07. The molecule has 2 aromatic carbocycles. The largest absolute Gasteiger partial charge is 0.379 e. The number of hydrogen-bond donors (Lipinski definition) is 1. The number of likely N-dealkylation sites (tertiary alicyclic amines) is 1. The standard InChI is InChI=1S/C24H31N3O3/c28-23(25-11-5-12-26-14-16-30-17-15-26)20-8-4-13-27(18-20)24(29)22-10-3-7-19-6-1-2-9-21(19)22/h1-3,6-7,9-10,20H,4-5,8,11-18H2,(H,25,28). The maximum absolute atomic E-state index is 13.2. The predicted octanol–water partition coefficient (Wildman–Crippen LogP) is 2.53. The van der Waals surface area contributed by atoms with E-state index in [2.05, 4.69) is 10.2 Å². The summed E-state index contributed by atoms with van der Waals surface area (Å²) < 4.78 is 5.36. The van der Waals surface area contributed by atoms with Crippen molar-refractivity contribution < 1.29 is 14.3 Å². The molecule has 30 heavy (non-hydrogen) atoms. The summed E-state index contributed by atoms with van der Waals surface area (Å²) in [5, 5.41) is 5.12. The number of hydrogen-bond acceptors (Lipinski definition) is 4. The van der Waals surface area contributed by atoms with Crippen LogP contribution in [0.3, 0.4) is 0 Å². The van der Waals surface area contributed by atoms with Gasteiger partial charge in [-0.3, -0.25) is 14.5 Å². The molecule has 0 spiro atoms. The van der Waals surface area contributed by atoms with Gasteiger partial charge in [-0.2, -0.15) is 0 Å². The van der Waals surface area contributed by atoms with Crippen LogP contribution in [-0.4, -0.2) is 74.1 Å². The van der Waals surface area contributed by atoms with Crippen molar-refractivity contribution in [2.24, 2.45) is 5.92 Å². The van der Waals surface area contributed by atoms with Crippen LogP contribution in [0.5, 0.6) is 0 Å². The van der Waals surface area contributed by atoms with Gasteiger partial charge in [-0.1, -0.05) is 36.4 Å². The Hall–Kier alpha value is -2.44. The molecule has 2 aliphatic heterocycles. The van der Waals surface area contributed by atoms with E-state index in [4.69, 9.17) is 4.74 Å². The van der Waals surface area contributed by atoms with Crippen LogP contribution in [0.15, 0.2) is 42.5 Å². The maximum atomic E-state index is 13.2. The van der Waals surface area contributed by atoms with Crippen molar-refractivity contribution in [3.63, 3.8) is 0 Å². The lowest BCUT2D eigenvalue weighted by molar-refractivity contribution is -0.126. The highest BCUT2D eigenvalue weighted by Crippen LogP contribution is 2.23. The molecule has 6 heteroatoms. The van der Waals surface area contributed by atoms with Crippen molar-refractivity contribution in [2.75, 3.05) is 52.5 Å². The molecule has 1 N–H and O–H groups in total. The van der Waals surface area contributed by atoms with Gasteiger partial charge in [0.1, 0.15) is 0 Å². The minimum Gasteiger partial charge on any atom is -0.379 e. The molecule has 2 aliphatic rings. The summed E-state index contributed by atoms with van der Waals surface area (Å²) in [5.74, 6) is -0.0231. The number of amides is 2. The van der Waals surface area contributed by atoms with E-state index >= 15 is 0 Å². The van der Waals surface area contributed by atoms with Crippen molar-refractivity contribution in [2.45, 2.75) is 19.3 Å². The van der Waals surface area contributed by atoms with Gasteiger partial charge >= 0.3 is 0 Å². The molecule has 0 bridgehead atoms. The van der Waals surface area contributed by atoms with Gasteiger partial charge < -0.3 is 15.0 Å². The Balaban J connectivity index is 1.30. The molecule has 6 nitrogen and oxygen atoms in total. The third-order valence-corrected chi connectivity index (χ3v) is 6.15. The zero-order chi connectivity index (χ0) is 20.8. The summed E-state index contributed by atoms with van der Waals surface area (Å²) in [5.41, 5.74) is 0.722. The van der Waals surface area contributed by atoms with E-state index in [0.717, 1.165) is 68.4 Å². The number of piperidine rings is 1. The number of fused-ring (bicyclic) bond motifs is 1. The van der Waals surface area contributed by atoms with E-state index < -0.39 is 0 Å². The molecule has 1 atom stereocenters. The second kappa shape index (κ2) is 10.0. The monoisotopic (exact) mass is 409 g/mol. The number of nitrogens with one attached hydrogen (secondary N) is 1. The molecular weight excluding hydrogens is 378 g/mol. The summed E-state index contributed by atoms with van der Waals surface area (Å²) in [4.78, 5) is 30.1. The van der Waals surface area contributed by atoms with Crippen molar-refractivity contribution in [1.29, 1.82) is 0 Å². The Bertz CT molecular complexity index is 874. The number of ether oxygens (including phenoxy) is 1. The van der Waals surface area contributed by atoms with Crippen molar-refractivity contribution in [3.8, 4) is 0 Å². The Kier molecular flexibility index (Phi) is 6.97. The summed E-state index contributed by atoms with van der Waals surface area (Å²) in [6, 6.07) is 13.8. The first-order valence-corrected chi connectivity index (χ1v) is 11.1. The molecule has 2 aromatic rings. The molecular formula is C24H31N3O3. The second-order valence-electron chi connectivity index (χ2n) is 8.22. The molecule has 0 aliphatic carbocycles. The first-order valence-electron chi connectivity index (χ1n) is 11.1. The van der Waals surface area contributed by atoms with E-state index in [-0.39, 0.29) is 17.7 Å². The van der Waals surface area contributed by atoms with Gasteiger partial charge in [-0.25, -0.2) is 0 Å². The molecule has 1 unspecified atom stereocenters. The molecule has 0 saturated carbocycles. The third kappa shape index (κ3) is 4.99. The first-order chi connectivity index (χ1) is 14.7. The average molecular weight is 410 g/mol. The first kappa shape index (κ1) is 20.8. The minimum atomic E-state index is -0.124. The quantitative estimate of drug-likeness (QED) is 0.745. The zero-order valence-corrected chi connectivity index (χ0v) is 17.5. The molecule has 2 fully saturated rings. The Labute approximate surface area is 178 Å². The number of nitrogens with zero attached hydrogens (tertiary/aromatic N) is 2. The Morgan fingerprint density at radius 2 is 1.83 bits per heavy atom. The van der Waals surface area contributed by atoms with Gasteiger partial charge in [-0.15, -0.1) is 0 Å². The van der Waals surface area contributed by atoms with Crippen molar-refractivity contribution >= 4 is 22.6 Å². The lowest BCUT2D eigenvalue weighted by atomic mass is 9.95. The Morgan fingerprint density at radius 1 is 1.03 bits per heavy atom. The fourth-order valence-electron chi connectivity index (χ4n) is 4.44. The highest BCUT2D eigenvalue weighted by Gasteiger charge is 2.29. The van der Waals surface area contributed by atoms with Crippen LogP contribution in [0.2, 0.25) is 0 Å². The molecule has 160 valence electrons. The molecule has 0 radical (unpaired) electrons. The summed E-state index contributed by atoms with van der Waals surface area (Å²) in [6.45, 7) is 6.43. The fourth-order valence-corrected chi connectivity index (χ4v) is 4.44. The van der Waals surface area contributed by atoms with Gasteiger partial charge in [-0.05, 0) is 42.6 Å². The number of carbonyl (C=O) groups excluding carboxylic acids is 2. The van der Waals surface area contributed by atoms with Crippen LogP contribution in [-0.2, 0) is 9.53 Å². The van der Waals surface area contributed by atoms with E-state index in [1.807, 2.05) is 47.4 Å². The van der Waals surface area contributed by atoms with Crippen LogP contribution in [0.4, 0.5) is 0 Å². The lowest BCUT2D eigenvalue weighted by Crippen LogP contribution is -2.46. The average Bonchev–Trinajstić information content (AvgIpc) is 2.81. The van der Waals surface area contributed by atoms with Gasteiger partial charge in [0.05, 0.1) is 19.1 Å². The van der Waals surface area contributed by atoms with Crippen LogP contribution in [0.25, 0.3) is 10.8 Å². The minimum absolute atomic E-state index is 0.0246. The van der Waals surface area contributed by atoms with Crippen LogP contribution >= 0.6 is 0 Å². The summed E-state index contributed by atoms with van der Waals surface area (Å²) >= 11 is 0. The smallest absolute Gasteiger partial charge is 0.254 e. The second-order valence-corrected chi connectivity index (χ2v) is 8.22. The van der Waals surface area contributed by atoms with Crippen LogP contribution in [0.1, 0.15) is 29.6 Å². The van der Waals surface area contributed by atoms with Gasteiger partial charge in [0.2, 0.25) is 5.91 Å². The number of rotatable bonds is 6. The molecule has 2 heterocycles. The van der Waals surface area contributed by atoms with Gasteiger partial charge in [0.25, 0.3) is 5.91 Å². The highest BCUT2D eigenvalue weighted by atomic mass is 16.5. The van der Waals surface area contributed by atoms with Crippen LogP contribution < -0.4 is 5.32 Å². The number of morpholine rings is 1. The Morgan fingerprint density at radius 3 is 2.70 bits per heavy atom. The number of benzene rings is 2. The molecule has 2 amide bonds. The topological polar surface area (TPSA) is 61.9 Å². The van der Waals surface area contributed by atoms with E-state index in [0.29, 0.717) is 19.6 Å². The number of carbonyl (C=O) groups is 2. The summed E-state index contributed by atoms with van der Waals surface area (Å²) in [6.07, 6.45) is 2.65. The zero-order valence-electron chi connectivity index (χ0n) is 17.5. The molecule has 0 aromatic heterocycles. The van der Waals surface area contributed by atoms with Crippen LogP contribution in [0, 0.1) is 5.92 Å². The lowest BCUT2D eigenvalue weighted by Gasteiger charge is -2.32. The van der Waals surface area contributed by atoms with E-state index in [1.54, 1.807) is 0 Å². The fraction of sp³-hybridized carbons (Fsp3) is 0.500. The molecule has 4 rings (SSSR count). The predicted molar refractivity (Wildman–Crippen MR) is 117 cm³/mol. The van der Waals surface area contributed by atoms with Gasteiger partial charge in [0, 0.05) is 38.3 Å². The van der Waals surface area contributed by atoms with Crippen molar-refractivity contribution in [3.05, 3.63) is 48.0 Å². The van der Waals surface area contributed by atoms with E-state index in [1.165, 1.54) is 0 Å². The normalized spacial score (nSPS) is 20.3. The molecule has 2 saturated heterocycles. The summed E-state index contributed by atoms with van der Waals surface area (Å²) in [7, 11) is 0.